The van der Waals surface area contributed by atoms with Gasteiger partial charge in [-0.1, -0.05) is 63.3 Å². The van der Waals surface area contributed by atoms with Gasteiger partial charge in [-0.15, -0.1) is 0 Å². The number of ether oxygens (including phenoxy) is 1. The van der Waals surface area contributed by atoms with Crippen LogP contribution in [0.25, 0.3) is 0 Å². The van der Waals surface area contributed by atoms with E-state index in [9.17, 15) is 0 Å². The fourth-order valence-electron chi connectivity index (χ4n) is 3.39. The lowest BCUT2D eigenvalue weighted by Gasteiger charge is -2.28. The molecular formula is C19H28O3. The Kier molecular flexibility index (Phi) is 5.51. The summed E-state index contributed by atoms with van der Waals surface area (Å²) in [6.07, 6.45) is 11.9. The van der Waals surface area contributed by atoms with Crippen LogP contribution in [0.4, 0.5) is 0 Å². The fourth-order valence-corrected chi connectivity index (χ4v) is 3.39. The van der Waals surface area contributed by atoms with Crippen molar-refractivity contribution >= 4 is 0 Å². The van der Waals surface area contributed by atoms with Gasteiger partial charge in [0.25, 0.3) is 0 Å². The van der Waals surface area contributed by atoms with Crippen LogP contribution in [0.2, 0.25) is 0 Å². The summed E-state index contributed by atoms with van der Waals surface area (Å²) in [5.41, 5.74) is 2.49. The molecule has 22 heavy (non-hydrogen) atoms. The Hall–Kier alpha value is -0.900. The molecule has 2 heterocycles. The first-order valence-corrected chi connectivity index (χ1v) is 8.94. The Labute approximate surface area is 133 Å². The second kappa shape index (κ2) is 7.58. The van der Waals surface area contributed by atoms with Crippen molar-refractivity contribution in [2.24, 2.45) is 0 Å². The van der Waals surface area contributed by atoms with Gasteiger partial charge in [0.15, 0.2) is 6.29 Å². The molecule has 1 aromatic rings. The van der Waals surface area contributed by atoms with Crippen LogP contribution in [0.1, 0.15) is 75.8 Å². The summed E-state index contributed by atoms with van der Waals surface area (Å²) in [5, 5.41) is 0. The second-order valence-corrected chi connectivity index (χ2v) is 6.59. The third-order valence-electron chi connectivity index (χ3n) is 4.77. The molecule has 2 aliphatic rings. The Balaban J connectivity index is 1.48. The predicted octanol–water partition coefficient (Wildman–Crippen LogP) is 5.23. The lowest BCUT2D eigenvalue weighted by Crippen LogP contribution is -2.31. The summed E-state index contributed by atoms with van der Waals surface area (Å²) >= 11 is 0. The van der Waals surface area contributed by atoms with Gasteiger partial charge >= 0.3 is 0 Å². The van der Waals surface area contributed by atoms with Gasteiger partial charge in [0.05, 0.1) is 0 Å². The number of aryl methyl sites for hydroxylation is 1. The van der Waals surface area contributed by atoms with E-state index < -0.39 is 5.79 Å². The summed E-state index contributed by atoms with van der Waals surface area (Å²) in [4.78, 5) is 10.8. The van der Waals surface area contributed by atoms with Crippen LogP contribution in [0.5, 0.6) is 0 Å². The monoisotopic (exact) mass is 304 g/mol. The molecule has 2 saturated heterocycles. The molecule has 0 radical (unpaired) electrons. The maximum absolute atomic E-state index is 5.90. The average Bonchev–Trinajstić information content (AvgIpc) is 2.87. The summed E-state index contributed by atoms with van der Waals surface area (Å²) in [5.74, 6) is -0.651. The zero-order chi connectivity index (χ0) is 15.3. The van der Waals surface area contributed by atoms with E-state index in [0.29, 0.717) is 0 Å². The lowest BCUT2D eigenvalue weighted by atomic mass is 9.95. The minimum Gasteiger partial charge on any atom is -0.311 e. The molecule has 0 N–H and O–H groups in total. The highest BCUT2D eigenvalue weighted by Gasteiger charge is 2.48. The topological polar surface area (TPSA) is 27.7 Å². The zero-order valence-corrected chi connectivity index (χ0v) is 13.7. The first-order chi connectivity index (χ1) is 10.8. The lowest BCUT2D eigenvalue weighted by molar-refractivity contribution is -0.331. The van der Waals surface area contributed by atoms with Crippen LogP contribution >= 0.6 is 0 Å². The van der Waals surface area contributed by atoms with Crippen LogP contribution in [0.3, 0.4) is 0 Å². The van der Waals surface area contributed by atoms with Crippen LogP contribution in [-0.2, 0) is 26.7 Å². The summed E-state index contributed by atoms with van der Waals surface area (Å²) in [7, 11) is 0. The van der Waals surface area contributed by atoms with Gasteiger partial charge in [-0.25, -0.2) is 4.89 Å². The van der Waals surface area contributed by atoms with Crippen molar-refractivity contribution in [2.75, 3.05) is 0 Å². The molecule has 0 spiro atoms. The average molecular weight is 304 g/mol. The maximum atomic E-state index is 5.90. The highest BCUT2D eigenvalue weighted by Crippen LogP contribution is 2.44. The van der Waals surface area contributed by atoms with Gasteiger partial charge in [0.1, 0.15) is 0 Å². The Morgan fingerprint density at radius 3 is 2.64 bits per heavy atom. The Morgan fingerprint density at radius 1 is 1.05 bits per heavy atom. The van der Waals surface area contributed by atoms with Crippen LogP contribution in [0, 0.1) is 0 Å². The van der Waals surface area contributed by atoms with E-state index in [1.165, 1.54) is 50.5 Å². The number of unbranched alkanes of at least 4 members (excludes halogenated alkanes) is 5. The standard InChI is InChI=1S/C19H28O3/c1-2-3-4-5-6-7-9-16-11-13-17(14-12-16)19-15-8-10-18(20-19)21-22-19/h11-14,18H,2-10,15H2,1H3. The van der Waals surface area contributed by atoms with Crippen LogP contribution in [-0.4, -0.2) is 6.29 Å². The second-order valence-electron chi connectivity index (χ2n) is 6.59. The normalized spacial score (nSPS) is 27.2. The van der Waals surface area contributed by atoms with Gasteiger partial charge in [-0.05, 0) is 24.8 Å². The van der Waals surface area contributed by atoms with E-state index in [-0.39, 0.29) is 6.29 Å². The van der Waals surface area contributed by atoms with Crippen molar-refractivity contribution in [1.29, 1.82) is 0 Å². The summed E-state index contributed by atoms with van der Waals surface area (Å²) < 4.78 is 5.90. The van der Waals surface area contributed by atoms with Gasteiger partial charge in [-0.3, -0.25) is 0 Å². The highest BCUT2D eigenvalue weighted by molar-refractivity contribution is 5.26. The van der Waals surface area contributed by atoms with Crippen molar-refractivity contribution in [3.63, 3.8) is 0 Å². The van der Waals surface area contributed by atoms with Crippen molar-refractivity contribution in [1.82, 2.24) is 0 Å². The van der Waals surface area contributed by atoms with Crippen molar-refractivity contribution in [3.05, 3.63) is 35.4 Å². The van der Waals surface area contributed by atoms with Gasteiger partial charge in [0, 0.05) is 18.4 Å². The van der Waals surface area contributed by atoms with Gasteiger partial charge in [-0.2, -0.15) is 4.89 Å². The van der Waals surface area contributed by atoms with E-state index in [4.69, 9.17) is 14.5 Å². The molecule has 2 atom stereocenters. The summed E-state index contributed by atoms with van der Waals surface area (Å²) in [6.45, 7) is 2.26. The number of benzene rings is 1. The van der Waals surface area contributed by atoms with E-state index in [0.717, 1.165) is 24.8 Å². The van der Waals surface area contributed by atoms with Crippen molar-refractivity contribution in [2.45, 2.75) is 83.2 Å². The van der Waals surface area contributed by atoms with E-state index >= 15 is 0 Å². The van der Waals surface area contributed by atoms with Crippen LogP contribution < -0.4 is 0 Å². The highest BCUT2D eigenvalue weighted by atomic mass is 17.3. The van der Waals surface area contributed by atoms with Crippen molar-refractivity contribution < 1.29 is 14.5 Å². The van der Waals surface area contributed by atoms with E-state index in [1.54, 1.807) is 0 Å². The maximum Gasteiger partial charge on any atom is 0.230 e. The molecule has 0 aliphatic carbocycles. The molecule has 0 aromatic heterocycles. The molecule has 2 aliphatic heterocycles. The molecular weight excluding hydrogens is 276 g/mol. The third kappa shape index (κ3) is 3.70. The molecule has 1 aromatic carbocycles. The minimum absolute atomic E-state index is 0.184. The molecule has 0 amide bonds. The first-order valence-electron chi connectivity index (χ1n) is 8.94. The fraction of sp³-hybridized carbons (Fsp3) is 0.684. The number of hydrogen-bond acceptors (Lipinski definition) is 3. The van der Waals surface area contributed by atoms with E-state index in [1.807, 2.05) is 0 Å². The minimum atomic E-state index is -0.651. The first kappa shape index (κ1) is 16.0. The SMILES string of the molecule is CCCCCCCCc1ccc(C23CCCC(OO2)O3)cc1. The molecule has 122 valence electrons. The van der Waals surface area contributed by atoms with Crippen molar-refractivity contribution in [3.8, 4) is 0 Å². The quantitative estimate of drug-likeness (QED) is 0.486. The van der Waals surface area contributed by atoms with Crippen LogP contribution in [0.15, 0.2) is 24.3 Å². The summed E-state index contributed by atoms with van der Waals surface area (Å²) in [6, 6.07) is 8.71. The van der Waals surface area contributed by atoms with E-state index in [2.05, 4.69) is 31.2 Å². The molecule has 3 nitrogen and oxygen atoms in total. The molecule has 0 saturated carbocycles. The third-order valence-corrected chi connectivity index (χ3v) is 4.77. The molecule has 3 rings (SSSR count). The number of fused-ring (bicyclic) bond motifs is 2. The largest absolute Gasteiger partial charge is 0.311 e. The Morgan fingerprint density at radius 2 is 1.82 bits per heavy atom. The molecule has 2 bridgehead atoms. The molecule has 3 heteroatoms. The van der Waals surface area contributed by atoms with Gasteiger partial charge < -0.3 is 4.74 Å². The smallest absolute Gasteiger partial charge is 0.230 e. The molecule has 2 fully saturated rings. The number of rotatable bonds is 8. The predicted molar refractivity (Wildman–Crippen MR) is 86.1 cm³/mol. The zero-order valence-electron chi connectivity index (χ0n) is 13.7. The molecule has 2 unspecified atom stereocenters. The number of hydrogen-bond donors (Lipinski definition) is 0. The van der Waals surface area contributed by atoms with Gasteiger partial charge in [0.2, 0.25) is 5.79 Å². The Bertz CT molecular complexity index is 452.